The third-order valence-electron chi connectivity index (χ3n) is 3.83. The Balaban J connectivity index is 1.91. The average Bonchev–Trinajstić information content (AvgIpc) is 2.66. The number of allylic oxidation sites excluding steroid dienone is 1. The van der Waals surface area contributed by atoms with Crippen LogP contribution in [0.25, 0.3) is 11.6 Å². The zero-order chi connectivity index (χ0) is 19.2. The highest BCUT2D eigenvalue weighted by atomic mass is 79.9. The lowest BCUT2D eigenvalue weighted by Gasteiger charge is -2.11. The summed E-state index contributed by atoms with van der Waals surface area (Å²) >= 11 is 15.6. The number of halogens is 3. The Labute approximate surface area is 176 Å². The van der Waals surface area contributed by atoms with Crippen molar-refractivity contribution < 1.29 is 4.74 Å². The summed E-state index contributed by atoms with van der Waals surface area (Å²) in [7, 11) is 0. The number of nitrogens with zero attached hydrogens (tertiary/aromatic N) is 1. The van der Waals surface area contributed by atoms with Crippen molar-refractivity contribution in [2.24, 2.45) is 0 Å². The quantitative estimate of drug-likeness (QED) is 0.294. The summed E-state index contributed by atoms with van der Waals surface area (Å²) in [5.74, 6) is 0.643. The summed E-state index contributed by atoms with van der Waals surface area (Å²) < 4.78 is 6.91. The minimum atomic E-state index is 0.364. The van der Waals surface area contributed by atoms with E-state index in [1.54, 1.807) is 24.3 Å². The van der Waals surface area contributed by atoms with Crippen molar-refractivity contribution in [2.75, 3.05) is 0 Å². The van der Waals surface area contributed by atoms with Gasteiger partial charge in [-0.15, -0.1) is 0 Å². The molecule has 0 fully saturated rings. The monoisotopic (exact) mass is 457 g/mol. The molecule has 0 aliphatic rings. The van der Waals surface area contributed by atoms with E-state index in [0.29, 0.717) is 28.0 Å². The molecule has 0 spiro atoms. The van der Waals surface area contributed by atoms with E-state index >= 15 is 0 Å². The van der Waals surface area contributed by atoms with E-state index in [-0.39, 0.29) is 0 Å². The van der Waals surface area contributed by atoms with Crippen LogP contribution in [0.1, 0.15) is 16.7 Å². The van der Waals surface area contributed by atoms with Gasteiger partial charge in [-0.25, -0.2) is 0 Å². The highest BCUT2D eigenvalue weighted by Crippen LogP contribution is 2.29. The van der Waals surface area contributed by atoms with E-state index < -0.39 is 0 Å². The second kappa shape index (κ2) is 9.10. The van der Waals surface area contributed by atoms with Gasteiger partial charge in [0.1, 0.15) is 12.4 Å². The van der Waals surface area contributed by atoms with E-state index in [1.807, 2.05) is 48.5 Å². The van der Waals surface area contributed by atoms with Gasteiger partial charge >= 0.3 is 0 Å². The van der Waals surface area contributed by atoms with Crippen LogP contribution in [0.5, 0.6) is 5.75 Å². The molecular formula is C22H14BrCl2NO. The first-order chi connectivity index (χ1) is 13.0. The number of nitriles is 1. The van der Waals surface area contributed by atoms with Gasteiger partial charge in [0, 0.05) is 20.1 Å². The molecule has 3 rings (SSSR count). The molecular weight excluding hydrogens is 445 g/mol. The molecule has 27 heavy (non-hydrogen) atoms. The number of ether oxygens (including phenoxy) is 1. The van der Waals surface area contributed by atoms with Crippen LogP contribution in [0.2, 0.25) is 10.0 Å². The van der Waals surface area contributed by atoms with Crippen molar-refractivity contribution >= 4 is 50.8 Å². The van der Waals surface area contributed by atoms with Crippen molar-refractivity contribution in [3.63, 3.8) is 0 Å². The number of benzene rings is 3. The van der Waals surface area contributed by atoms with E-state index in [1.165, 1.54) is 0 Å². The molecule has 0 saturated carbocycles. The van der Waals surface area contributed by atoms with Crippen LogP contribution < -0.4 is 4.74 Å². The lowest BCUT2D eigenvalue weighted by Crippen LogP contribution is -1.97. The number of hydrogen-bond acceptors (Lipinski definition) is 2. The smallest absolute Gasteiger partial charge is 0.127 e. The molecule has 0 aliphatic heterocycles. The molecule has 0 aliphatic carbocycles. The Morgan fingerprint density at radius 3 is 2.44 bits per heavy atom. The third kappa shape index (κ3) is 5.37. The molecule has 0 aromatic heterocycles. The van der Waals surface area contributed by atoms with Crippen LogP contribution in [0.4, 0.5) is 0 Å². The molecule has 3 aromatic rings. The van der Waals surface area contributed by atoms with Crippen LogP contribution in [-0.2, 0) is 6.61 Å². The zero-order valence-corrected chi connectivity index (χ0v) is 17.2. The largest absolute Gasteiger partial charge is 0.488 e. The van der Waals surface area contributed by atoms with Crippen molar-refractivity contribution in [1.29, 1.82) is 5.26 Å². The Bertz CT molecular complexity index is 1020. The van der Waals surface area contributed by atoms with Gasteiger partial charge in [0.15, 0.2) is 0 Å². The van der Waals surface area contributed by atoms with Crippen LogP contribution in [0.3, 0.4) is 0 Å². The maximum atomic E-state index is 9.59. The number of hydrogen-bond donors (Lipinski definition) is 0. The Kier molecular flexibility index (Phi) is 6.58. The van der Waals surface area contributed by atoms with Gasteiger partial charge < -0.3 is 4.74 Å². The molecule has 0 radical (unpaired) electrons. The predicted molar refractivity (Wildman–Crippen MR) is 115 cm³/mol. The molecule has 0 atom stereocenters. The third-order valence-corrected chi connectivity index (χ3v) is 4.83. The van der Waals surface area contributed by atoms with Gasteiger partial charge in [-0.2, -0.15) is 5.26 Å². The molecule has 2 nitrogen and oxygen atoms in total. The molecule has 0 heterocycles. The minimum Gasteiger partial charge on any atom is -0.488 e. The molecule has 0 N–H and O–H groups in total. The summed E-state index contributed by atoms with van der Waals surface area (Å²) in [6, 6.07) is 22.7. The fraction of sp³-hybridized carbons (Fsp3) is 0.0455. The van der Waals surface area contributed by atoms with Gasteiger partial charge in [0.25, 0.3) is 0 Å². The van der Waals surface area contributed by atoms with Crippen molar-refractivity contribution in [2.45, 2.75) is 6.61 Å². The highest BCUT2D eigenvalue weighted by molar-refractivity contribution is 9.10. The highest BCUT2D eigenvalue weighted by Gasteiger charge is 2.07. The van der Waals surface area contributed by atoms with Crippen molar-refractivity contribution in [3.05, 3.63) is 97.9 Å². The van der Waals surface area contributed by atoms with E-state index in [2.05, 4.69) is 22.0 Å². The summed E-state index contributed by atoms with van der Waals surface area (Å²) in [4.78, 5) is 0. The lowest BCUT2D eigenvalue weighted by atomic mass is 10.0. The zero-order valence-electron chi connectivity index (χ0n) is 14.1. The second-order valence-corrected chi connectivity index (χ2v) is 7.57. The normalized spacial score (nSPS) is 11.1. The predicted octanol–water partition coefficient (Wildman–Crippen LogP) is 7.40. The van der Waals surface area contributed by atoms with E-state index in [4.69, 9.17) is 27.9 Å². The van der Waals surface area contributed by atoms with Crippen LogP contribution in [-0.4, -0.2) is 0 Å². The summed E-state index contributed by atoms with van der Waals surface area (Å²) in [6.45, 7) is 0.364. The van der Waals surface area contributed by atoms with Gasteiger partial charge in [-0.1, -0.05) is 63.4 Å². The van der Waals surface area contributed by atoms with Crippen molar-refractivity contribution in [3.8, 4) is 11.8 Å². The lowest BCUT2D eigenvalue weighted by molar-refractivity contribution is 0.305. The van der Waals surface area contributed by atoms with Crippen LogP contribution in [0, 0.1) is 11.3 Å². The maximum Gasteiger partial charge on any atom is 0.127 e. The summed E-state index contributed by atoms with van der Waals surface area (Å²) in [5, 5.41) is 10.8. The molecule has 0 unspecified atom stereocenters. The van der Waals surface area contributed by atoms with Gasteiger partial charge in [-0.05, 0) is 59.7 Å². The molecule has 5 heteroatoms. The first-order valence-corrected chi connectivity index (χ1v) is 9.64. The second-order valence-electron chi connectivity index (χ2n) is 5.78. The number of rotatable bonds is 5. The van der Waals surface area contributed by atoms with Crippen molar-refractivity contribution in [1.82, 2.24) is 0 Å². The first-order valence-electron chi connectivity index (χ1n) is 8.10. The summed E-state index contributed by atoms with van der Waals surface area (Å²) in [5.41, 5.74) is 3.05. The van der Waals surface area contributed by atoms with Gasteiger partial charge in [-0.3, -0.25) is 0 Å². The van der Waals surface area contributed by atoms with Crippen LogP contribution >= 0.6 is 39.1 Å². The Morgan fingerprint density at radius 1 is 1.00 bits per heavy atom. The average molecular weight is 459 g/mol. The SMILES string of the molecule is N#C/C(=C/c1cc(Cl)ccc1OCc1cccc(Cl)c1)c1ccc(Br)cc1. The van der Waals surface area contributed by atoms with E-state index in [0.717, 1.165) is 21.2 Å². The Morgan fingerprint density at radius 2 is 1.74 bits per heavy atom. The summed E-state index contributed by atoms with van der Waals surface area (Å²) in [6.07, 6.45) is 1.78. The Hall–Kier alpha value is -2.25. The van der Waals surface area contributed by atoms with Gasteiger partial charge in [0.05, 0.1) is 11.6 Å². The minimum absolute atomic E-state index is 0.364. The molecule has 134 valence electrons. The molecule has 3 aromatic carbocycles. The molecule has 0 saturated heterocycles. The standard InChI is InChI=1S/C22H14BrCl2NO/c23-19-6-4-16(5-7-19)18(13-26)11-17-12-21(25)8-9-22(17)27-14-15-2-1-3-20(24)10-15/h1-12H,14H2/b18-11-. The topological polar surface area (TPSA) is 33.0 Å². The van der Waals surface area contributed by atoms with E-state index in [9.17, 15) is 5.26 Å². The van der Waals surface area contributed by atoms with Gasteiger partial charge in [0.2, 0.25) is 0 Å². The van der Waals surface area contributed by atoms with Crippen LogP contribution in [0.15, 0.2) is 71.2 Å². The fourth-order valence-corrected chi connectivity index (χ4v) is 3.17. The molecule has 0 bridgehead atoms. The fourth-order valence-electron chi connectivity index (χ4n) is 2.52. The molecule has 0 amide bonds. The maximum absolute atomic E-state index is 9.59. The first kappa shape index (κ1) is 19.5.